The molecule has 144 valence electrons. The minimum Gasteiger partial charge on any atom is -0.459 e. The van der Waals surface area contributed by atoms with E-state index in [1.54, 1.807) is 6.07 Å². The zero-order valence-corrected chi connectivity index (χ0v) is 15.7. The van der Waals surface area contributed by atoms with Gasteiger partial charge in [0.15, 0.2) is 0 Å². The summed E-state index contributed by atoms with van der Waals surface area (Å²) in [6.07, 6.45) is -0.0186. The van der Waals surface area contributed by atoms with Gasteiger partial charge in [-0.25, -0.2) is 4.98 Å². The van der Waals surface area contributed by atoms with E-state index in [1.165, 1.54) is 17.4 Å². The highest BCUT2D eigenvalue weighted by molar-refractivity contribution is 5.76. The largest absolute Gasteiger partial charge is 0.459 e. The van der Waals surface area contributed by atoms with E-state index in [4.69, 9.17) is 4.74 Å². The summed E-state index contributed by atoms with van der Waals surface area (Å²) < 4.78 is 6.79. The van der Waals surface area contributed by atoms with Crippen LogP contribution in [0.5, 0.6) is 0 Å². The van der Waals surface area contributed by atoms with Crippen LogP contribution in [-0.2, 0) is 20.9 Å². The number of nitrogens with zero attached hydrogens (tertiary/aromatic N) is 2. The summed E-state index contributed by atoms with van der Waals surface area (Å²) in [5, 5.41) is 2.76. The van der Waals surface area contributed by atoms with Crippen molar-refractivity contribution in [3.63, 3.8) is 0 Å². The second-order valence-corrected chi connectivity index (χ2v) is 6.48. The third-order valence-corrected chi connectivity index (χ3v) is 4.26. The maximum atomic E-state index is 12.3. The molecule has 3 aromatic rings. The van der Waals surface area contributed by atoms with Crippen molar-refractivity contribution in [1.29, 1.82) is 0 Å². The molecule has 0 aliphatic carbocycles. The summed E-state index contributed by atoms with van der Waals surface area (Å²) in [7, 11) is 0. The summed E-state index contributed by atoms with van der Waals surface area (Å²) in [6, 6.07) is 15.4. The molecule has 1 amide bonds. The number of nitrogens with one attached hydrogen (secondary N) is 1. The number of carbonyl (C=O) groups is 2. The zero-order valence-electron chi connectivity index (χ0n) is 15.7. The lowest BCUT2D eigenvalue weighted by atomic mass is 10.0. The number of aromatic nitrogens is 2. The first-order valence-corrected chi connectivity index (χ1v) is 8.90. The fourth-order valence-corrected chi connectivity index (χ4v) is 3.00. The van der Waals surface area contributed by atoms with Crippen LogP contribution in [0.2, 0.25) is 0 Å². The maximum Gasteiger partial charge on any atom is 0.308 e. The average molecular weight is 379 g/mol. The Labute approximate surface area is 162 Å². The fourth-order valence-electron chi connectivity index (χ4n) is 3.00. The molecule has 1 aromatic carbocycles. The van der Waals surface area contributed by atoms with Gasteiger partial charge in [0.05, 0.1) is 18.2 Å². The van der Waals surface area contributed by atoms with E-state index in [9.17, 15) is 14.4 Å². The molecule has 3 rings (SSSR count). The fraction of sp³-hybridized carbons (Fsp3) is 0.238. The number of carbonyl (C=O) groups excluding carboxylic acids is 2. The SMILES string of the molecule is CC(=O)N[C@H](CC(=O)OCc1cc(=O)n2c(C)cccc2n1)c1ccccc1. The van der Waals surface area contributed by atoms with Gasteiger partial charge in [-0.3, -0.25) is 18.8 Å². The number of pyridine rings is 1. The van der Waals surface area contributed by atoms with Gasteiger partial charge in [-0.15, -0.1) is 0 Å². The first-order chi connectivity index (χ1) is 13.4. The molecule has 0 spiro atoms. The van der Waals surface area contributed by atoms with Gasteiger partial charge in [0, 0.05) is 18.7 Å². The Morgan fingerprint density at radius 2 is 1.89 bits per heavy atom. The van der Waals surface area contributed by atoms with Gasteiger partial charge in [0.1, 0.15) is 12.3 Å². The van der Waals surface area contributed by atoms with Crippen molar-refractivity contribution in [3.05, 3.63) is 81.9 Å². The summed E-state index contributed by atoms with van der Waals surface area (Å²) in [5.41, 5.74) is 2.24. The number of aryl methyl sites for hydroxylation is 1. The Kier molecular flexibility index (Phi) is 5.84. The van der Waals surface area contributed by atoms with Crippen LogP contribution in [0.4, 0.5) is 0 Å². The van der Waals surface area contributed by atoms with Crippen molar-refractivity contribution in [3.8, 4) is 0 Å². The normalized spacial score (nSPS) is 11.8. The lowest BCUT2D eigenvalue weighted by Gasteiger charge is -2.17. The first kappa shape index (κ1) is 19.3. The Morgan fingerprint density at radius 1 is 1.14 bits per heavy atom. The van der Waals surface area contributed by atoms with Gasteiger partial charge in [-0.05, 0) is 24.6 Å². The Morgan fingerprint density at radius 3 is 2.61 bits per heavy atom. The molecule has 2 heterocycles. The quantitative estimate of drug-likeness (QED) is 0.664. The highest BCUT2D eigenvalue weighted by Gasteiger charge is 2.18. The third kappa shape index (κ3) is 4.62. The number of hydrogen-bond donors (Lipinski definition) is 1. The van der Waals surface area contributed by atoms with Crippen LogP contribution in [0, 0.1) is 6.92 Å². The summed E-state index contributed by atoms with van der Waals surface area (Å²) in [6.45, 7) is 3.11. The van der Waals surface area contributed by atoms with Crippen LogP contribution in [0.15, 0.2) is 59.4 Å². The molecule has 0 saturated heterocycles. The number of rotatable bonds is 6. The zero-order chi connectivity index (χ0) is 20.1. The van der Waals surface area contributed by atoms with E-state index in [1.807, 2.05) is 49.4 Å². The van der Waals surface area contributed by atoms with Gasteiger partial charge in [0.2, 0.25) is 5.91 Å². The molecular weight excluding hydrogens is 358 g/mol. The second-order valence-electron chi connectivity index (χ2n) is 6.48. The molecule has 1 atom stereocenters. The molecule has 0 aliphatic heterocycles. The van der Waals surface area contributed by atoms with Crippen LogP contribution in [0.25, 0.3) is 5.65 Å². The monoisotopic (exact) mass is 379 g/mol. The summed E-state index contributed by atoms with van der Waals surface area (Å²) >= 11 is 0. The minimum absolute atomic E-state index is 0.0186. The van der Waals surface area contributed by atoms with E-state index in [0.717, 1.165) is 11.3 Å². The predicted octanol–water partition coefficient (Wildman–Crippen LogP) is 2.31. The van der Waals surface area contributed by atoms with Crippen LogP contribution in [0.1, 0.15) is 36.3 Å². The molecule has 0 saturated carbocycles. The van der Waals surface area contributed by atoms with Crippen LogP contribution >= 0.6 is 0 Å². The van der Waals surface area contributed by atoms with Crippen molar-refractivity contribution in [2.45, 2.75) is 32.9 Å². The van der Waals surface area contributed by atoms with Crippen molar-refractivity contribution >= 4 is 17.5 Å². The van der Waals surface area contributed by atoms with Gasteiger partial charge in [-0.1, -0.05) is 36.4 Å². The first-order valence-electron chi connectivity index (χ1n) is 8.90. The van der Waals surface area contributed by atoms with Gasteiger partial charge < -0.3 is 10.1 Å². The van der Waals surface area contributed by atoms with Crippen molar-refractivity contribution in [2.75, 3.05) is 0 Å². The lowest BCUT2D eigenvalue weighted by Crippen LogP contribution is -2.28. The minimum atomic E-state index is -0.492. The average Bonchev–Trinajstić information content (AvgIpc) is 2.66. The topological polar surface area (TPSA) is 89.8 Å². The third-order valence-electron chi connectivity index (χ3n) is 4.26. The number of esters is 1. The van der Waals surface area contributed by atoms with Crippen LogP contribution in [0.3, 0.4) is 0 Å². The second kappa shape index (κ2) is 8.47. The molecule has 0 fully saturated rings. The molecule has 2 aromatic heterocycles. The highest BCUT2D eigenvalue weighted by atomic mass is 16.5. The smallest absolute Gasteiger partial charge is 0.308 e. The van der Waals surface area contributed by atoms with Gasteiger partial charge in [-0.2, -0.15) is 0 Å². The van der Waals surface area contributed by atoms with E-state index in [-0.39, 0.29) is 24.5 Å². The molecule has 7 heteroatoms. The van der Waals surface area contributed by atoms with E-state index < -0.39 is 12.0 Å². The molecule has 7 nitrogen and oxygen atoms in total. The number of benzene rings is 1. The van der Waals surface area contributed by atoms with E-state index >= 15 is 0 Å². The number of hydrogen-bond acceptors (Lipinski definition) is 5. The molecule has 0 radical (unpaired) electrons. The Bertz CT molecular complexity index is 1060. The number of fused-ring (bicyclic) bond motifs is 1. The number of ether oxygens (including phenoxy) is 1. The molecular formula is C21H21N3O4. The Balaban J connectivity index is 1.70. The van der Waals surface area contributed by atoms with Crippen molar-refractivity contribution < 1.29 is 14.3 Å². The molecule has 0 unspecified atom stereocenters. The standard InChI is InChI=1S/C21H21N3O4/c1-14-7-6-10-19-23-17(11-20(26)24(14)19)13-28-21(27)12-18(22-15(2)25)16-8-4-3-5-9-16/h3-11,18H,12-13H2,1-2H3,(H,22,25)/t18-/m1/s1. The van der Waals surface area contributed by atoms with E-state index in [0.29, 0.717) is 11.3 Å². The molecule has 1 N–H and O–H groups in total. The van der Waals surface area contributed by atoms with E-state index in [2.05, 4.69) is 10.3 Å². The lowest BCUT2D eigenvalue weighted by molar-refractivity contribution is -0.145. The molecule has 28 heavy (non-hydrogen) atoms. The summed E-state index contributed by atoms with van der Waals surface area (Å²) in [4.78, 5) is 40.4. The Hall–Kier alpha value is -3.48. The van der Waals surface area contributed by atoms with Crippen LogP contribution in [-0.4, -0.2) is 21.3 Å². The van der Waals surface area contributed by atoms with Gasteiger partial charge in [0.25, 0.3) is 5.56 Å². The van der Waals surface area contributed by atoms with Crippen LogP contribution < -0.4 is 10.9 Å². The predicted molar refractivity (Wildman–Crippen MR) is 104 cm³/mol. The molecule has 0 bridgehead atoms. The highest BCUT2D eigenvalue weighted by Crippen LogP contribution is 2.17. The maximum absolute atomic E-state index is 12.3. The summed E-state index contributed by atoms with van der Waals surface area (Å²) in [5.74, 6) is -0.727. The van der Waals surface area contributed by atoms with Crippen molar-refractivity contribution in [2.24, 2.45) is 0 Å². The van der Waals surface area contributed by atoms with Gasteiger partial charge >= 0.3 is 5.97 Å². The molecule has 0 aliphatic rings. The van der Waals surface area contributed by atoms with Crippen molar-refractivity contribution in [1.82, 2.24) is 14.7 Å². The number of amides is 1.